The van der Waals surface area contributed by atoms with Gasteiger partial charge >= 0.3 is 0 Å². The molecule has 6 nitrogen and oxygen atoms in total. The Bertz CT molecular complexity index is 827. The third kappa shape index (κ3) is 2.63. The van der Waals surface area contributed by atoms with Gasteiger partial charge in [0, 0.05) is 44.8 Å². The number of aromatic nitrogens is 3. The van der Waals surface area contributed by atoms with Crippen LogP contribution in [-0.2, 0) is 0 Å². The normalized spacial score (nSPS) is 15.1. The number of carbonyl (C=O) groups is 1. The van der Waals surface area contributed by atoms with E-state index in [0.29, 0.717) is 18.8 Å². The Morgan fingerprint density at radius 2 is 1.91 bits per heavy atom. The largest absolute Gasteiger partial charge is 0.367 e. The number of rotatable bonds is 2. The van der Waals surface area contributed by atoms with Crippen LogP contribution in [0.15, 0.2) is 42.3 Å². The summed E-state index contributed by atoms with van der Waals surface area (Å²) in [5, 5.41) is 2.06. The second-order valence-corrected chi connectivity index (χ2v) is 6.25. The highest BCUT2D eigenvalue weighted by atomic mass is 32.1. The fraction of sp³-hybridized carbons (Fsp3) is 0.250. The van der Waals surface area contributed by atoms with E-state index in [9.17, 15) is 4.79 Å². The van der Waals surface area contributed by atoms with E-state index in [1.54, 1.807) is 23.7 Å². The van der Waals surface area contributed by atoms with Gasteiger partial charge in [-0.05, 0) is 17.5 Å². The maximum Gasteiger partial charge on any atom is 0.274 e. The summed E-state index contributed by atoms with van der Waals surface area (Å²) in [5.41, 5.74) is 2.65. The minimum absolute atomic E-state index is 0.0475. The summed E-state index contributed by atoms with van der Waals surface area (Å²) >= 11 is 1.71. The summed E-state index contributed by atoms with van der Waals surface area (Å²) in [7, 11) is 0. The minimum atomic E-state index is -0.0475. The first-order valence-electron chi connectivity index (χ1n) is 7.45. The highest BCUT2D eigenvalue weighted by molar-refractivity contribution is 7.17. The summed E-state index contributed by atoms with van der Waals surface area (Å²) in [5.74, 6) is -0.0475. The number of thiophene rings is 1. The van der Waals surface area contributed by atoms with Gasteiger partial charge in [0.2, 0.25) is 0 Å². The van der Waals surface area contributed by atoms with Crippen LogP contribution < -0.4 is 4.90 Å². The molecule has 4 heterocycles. The molecule has 7 heteroatoms. The first-order chi connectivity index (χ1) is 11.3. The molecule has 1 saturated heterocycles. The molecule has 4 rings (SSSR count). The Hall–Kier alpha value is -2.54. The van der Waals surface area contributed by atoms with Crippen LogP contribution in [0.5, 0.6) is 0 Å². The van der Waals surface area contributed by atoms with E-state index in [2.05, 4.69) is 31.3 Å². The van der Waals surface area contributed by atoms with Crippen LogP contribution >= 0.6 is 11.3 Å². The molecule has 3 aromatic heterocycles. The zero-order chi connectivity index (χ0) is 15.6. The molecule has 0 spiro atoms. The van der Waals surface area contributed by atoms with Crippen LogP contribution in [0.3, 0.4) is 0 Å². The summed E-state index contributed by atoms with van der Waals surface area (Å²) in [4.78, 5) is 29.0. The third-order valence-corrected chi connectivity index (χ3v) is 4.94. The highest BCUT2D eigenvalue weighted by Gasteiger charge is 2.24. The number of hydrogen-bond donors (Lipinski definition) is 0. The molecule has 1 aliphatic rings. The third-order valence-electron chi connectivity index (χ3n) is 4.01. The molecule has 0 aliphatic carbocycles. The lowest BCUT2D eigenvalue weighted by Gasteiger charge is -2.36. The van der Waals surface area contributed by atoms with Gasteiger partial charge in [0.05, 0.1) is 22.1 Å². The van der Waals surface area contributed by atoms with Crippen molar-refractivity contribution in [1.29, 1.82) is 0 Å². The van der Waals surface area contributed by atoms with Gasteiger partial charge in [0.25, 0.3) is 5.91 Å². The molecule has 0 radical (unpaired) electrons. The van der Waals surface area contributed by atoms with Gasteiger partial charge in [-0.15, -0.1) is 11.3 Å². The molecule has 0 N–H and O–H groups in total. The van der Waals surface area contributed by atoms with Gasteiger partial charge in [-0.1, -0.05) is 0 Å². The quantitative estimate of drug-likeness (QED) is 0.721. The Labute approximate surface area is 137 Å². The van der Waals surface area contributed by atoms with Crippen molar-refractivity contribution in [1.82, 2.24) is 19.9 Å². The first-order valence-corrected chi connectivity index (χ1v) is 8.33. The number of anilines is 1. The average Bonchev–Trinajstić information content (AvgIpc) is 3.11. The van der Waals surface area contributed by atoms with Crippen molar-refractivity contribution in [2.45, 2.75) is 0 Å². The van der Waals surface area contributed by atoms with Gasteiger partial charge in [-0.2, -0.15) is 0 Å². The zero-order valence-electron chi connectivity index (χ0n) is 12.4. The number of piperazine rings is 1. The molecule has 0 atom stereocenters. The molecular weight excluding hydrogens is 310 g/mol. The van der Waals surface area contributed by atoms with Crippen molar-refractivity contribution in [3.05, 3.63) is 48.0 Å². The molecular formula is C16H15N5OS. The monoisotopic (exact) mass is 325 g/mol. The van der Waals surface area contributed by atoms with Crippen LogP contribution in [0.2, 0.25) is 0 Å². The van der Waals surface area contributed by atoms with Crippen LogP contribution in [0.1, 0.15) is 10.5 Å². The summed E-state index contributed by atoms with van der Waals surface area (Å²) in [6.45, 7) is 2.99. The SMILES string of the molecule is O=C(c1cnccn1)N1CCN(c2ccnc3ccsc23)CC1. The van der Waals surface area contributed by atoms with Crippen molar-refractivity contribution in [3.8, 4) is 0 Å². The van der Waals surface area contributed by atoms with E-state index in [-0.39, 0.29) is 5.91 Å². The molecule has 0 bridgehead atoms. The number of pyridine rings is 1. The van der Waals surface area contributed by atoms with Gasteiger partial charge in [0.1, 0.15) is 5.69 Å². The molecule has 0 unspecified atom stereocenters. The average molecular weight is 325 g/mol. The Morgan fingerprint density at radius 1 is 1.04 bits per heavy atom. The molecule has 0 aromatic carbocycles. The second kappa shape index (κ2) is 5.92. The minimum Gasteiger partial charge on any atom is -0.367 e. The molecule has 0 saturated carbocycles. The second-order valence-electron chi connectivity index (χ2n) is 5.33. The predicted octanol–water partition coefficient (Wildman–Crippen LogP) is 2.05. The molecule has 3 aromatic rings. The van der Waals surface area contributed by atoms with Gasteiger partial charge in [0.15, 0.2) is 0 Å². The lowest BCUT2D eigenvalue weighted by molar-refractivity contribution is 0.0740. The molecule has 1 amide bonds. The number of nitrogens with zero attached hydrogens (tertiary/aromatic N) is 5. The van der Waals surface area contributed by atoms with Gasteiger partial charge in [-0.3, -0.25) is 14.8 Å². The smallest absolute Gasteiger partial charge is 0.274 e. The maximum absolute atomic E-state index is 12.4. The van der Waals surface area contributed by atoms with E-state index in [0.717, 1.165) is 18.6 Å². The number of amides is 1. The van der Waals surface area contributed by atoms with Crippen molar-refractivity contribution in [3.63, 3.8) is 0 Å². The molecule has 23 heavy (non-hydrogen) atoms. The van der Waals surface area contributed by atoms with Crippen LogP contribution in [0.4, 0.5) is 5.69 Å². The number of carbonyl (C=O) groups excluding carboxylic acids is 1. The Kier molecular flexibility index (Phi) is 3.63. The van der Waals surface area contributed by atoms with Crippen molar-refractivity contribution < 1.29 is 4.79 Å². The number of fused-ring (bicyclic) bond motifs is 1. The standard InChI is InChI=1S/C16H15N5OS/c22-16(13-11-17-4-5-19-13)21-8-6-20(7-9-21)14-1-3-18-12-2-10-23-15(12)14/h1-5,10-11H,6-9H2. The van der Waals surface area contributed by atoms with E-state index >= 15 is 0 Å². The maximum atomic E-state index is 12.4. The van der Waals surface area contributed by atoms with Gasteiger partial charge in [-0.25, -0.2) is 4.98 Å². The molecule has 1 aliphatic heterocycles. The highest BCUT2D eigenvalue weighted by Crippen LogP contribution is 2.30. The topological polar surface area (TPSA) is 62.2 Å². The number of hydrogen-bond acceptors (Lipinski definition) is 6. The van der Waals surface area contributed by atoms with Gasteiger partial charge < -0.3 is 9.80 Å². The van der Waals surface area contributed by atoms with Crippen LogP contribution in [-0.4, -0.2) is 51.9 Å². The Morgan fingerprint density at radius 3 is 2.70 bits per heavy atom. The first kappa shape index (κ1) is 14.1. The summed E-state index contributed by atoms with van der Waals surface area (Å²) in [6, 6.07) is 4.09. The van der Waals surface area contributed by atoms with E-state index < -0.39 is 0 Å². The van der Waals surface area contributed by atoms with E-state index in [1.807, 2.05) is 17.2 Å². The Balaban J connectivity index is 1.49. The molecule has 116 valence electrons. The lowest BCUT2D eigenvalue weighted by Crippen LogP contribution is -2.49. The van der Waals surface area contributed by atoms with Crippen molar-refractivity contribution in [2.75, 3.05) is 31.1 Å². The van der Waals surface area contributed by atoms with Crippen molar-refractivity contribution in [2.24, 2.45) is 0 Å². The van der Waals surface area contributed by atoms with Crippen molar-refractivity contribution >= 4 is 33.1 Å². The fourth-order valence-corrected chi connectivity index (χ4v) is 3.72. The summed E-state index contributed by atoms with van der Waals surface area (Å²) in [6.07, 6.45) is 6.49. The van der Waals surface area contributed by atoms with E-state index in [4.69, 9.17) is 0 Å². The predicted molar refractivity (Wildman–Crippen MR) is 89.8 cm³/mol. The molecule has 1 fully saturated rings. The fourth-order valence-electron chi connectivity index (χ4n) is 2.83. The van der Waals surface area contributed by atoms with E-state index in [1.165, 1.54) is 16.6 Å². The van der Waals surface area contributed by atoms with Crippen LogP contribution in [0, 0.1) is 0 Å². The lowest BCUT2D eigenvalue weighted by atomic mass is 10.2. The summed E-state index contributed by atoms with van der Waals surface area (Å²) < 4.78 is 1.21. The van der Waals surface area contributed by atoms with Crippen LogP contribution in [0.25, 0.3) is 10.2 Å². The zero-order valence-corrected chi connectivity index (χ0v) is 13.2.